The van der Waals surface area contributed by atoms with Gasteiger partial charge in [0.1, 0.15) is 5.78 Å². The van der Waals surface area contributed by atoms with E-state index in [9.17, 15) is 9.59 Å². The molecule has 0 aromatic heterocycles. The first-order chi connectivity index (χ1) is 7.27. The van der Waals surface area contributed by atoms with E-state index < -0.39 is 6.10 Å². The lowest BCUT2D eigenvalue weighted by Gasteiger charge is -2.31. The van der Waals surface area contributed by atoms with Crippen LogP contribution < -0.4 is 0 Å². The number of rotatable bonds is 1. The lowest BCUT2D eigenvalue weighted by atomic mass is 10.1. The maximum absolute atomic E-state index is 11.9. The molecule has 84 valence electrons. The quantitative estimate of drug-likeness (QED) is 0.594. The molecule has 5 nitrogen and oxygen atoms in total. The average Bonchev–Trinajstić information content (AvgIpc) is 2.30. The standard InChI is InChI=1S/C10H15NO4/c12-8-1-3-11(4-2-8)10(13)9-7-14-5-6-15-9/h9H,1-7H2. The van der Waals surface area contributed by atoms with E-state index in [0.29, 0.717) is 45.8 Å². The third-order valence-electron chi connectivity index (χ3n) is 2.72. The van der Waals surface area contributed by atoms with Crippen LogP contribution in [0.4, 0.5) is 0 Å². The summed E-state index contributed by atoms with van der Waals surface area (Å²) in [4.78, 5) is 24.6. The maximum Gasteiger partial charge on any atom is 0.254 e. The first-order valence-corrected chi connectivity index (χ1v) is 5.27. The fourth-order valence-electron chi connectivity index (χ4n) is 1.81. The second kappa shape index (κ2) is 4.72. The molecule has 0 aromatic carbocycles. The van der Waals surface area contributed by atoms with Gasteiger partial charge in [0.25, 0.3) is 5.91 Å². The highest BCUT2D eigenvalue weighted by Gasteiger charge is 2.29. The van der Waals surface area contributed by atoms with Gasteiger partial charge in [0.15, 0.2) is 6.10 Å². The Morgan fingerprint density at radius 3 is 2.60 bits per heavy atom. The normalized spacial score (nSPS) is 27.9. The van der Waals surface area contributed by atoms with Crippen LogP contribution >= 0.6 is 0 Å². The van der Waals surface area contributed by atoms with E-state index >= 15 is 0 Å². The minimum Gasteiger partial charge on any atom is -0.376 e. The third-order valence-corrected chi connectivity index (χ3v) is 2.72. The Hall–Kier alpha value is -0.940. The molecule has 5 heteroatoms. The van der Waals surface area contributed by atoms with Gasteiger partial charge in [-0.1, -0.05) is 0 Å². The highest BCUT2D eigenvalue weighted by Crippen LogP contribution is 2.11. The van der Waals surface area contributed by atoms with Crippen molar-refractivity contribution in [2.45, 2.75) is 18.9 Å². The van der Waals surface area contributed by atoms with E-state index in [-0.39, 0.29) is 11.7 Å². The third kappa shape index (κ3) is 2.54. The van der Waals surface area contributed by atoms with Crippen molar-refractivity contribution >= 4 is 11.7 Å². The Bertz CT molecular complexity index is 250. The highest BCUT2D eigenvalue weighted by molar-refractivity contribution is 5.85. The van der Waals surface area contributed by atoms with Gasteiger partial charge >= 0.3 is 0 Å². The molecule has 2 aliphatic heterocycles. The summed E-state index contributed by atoms with van der Waals surface area (Å²) in [6, 6.07) is 0. The molecule has 2 heterocycles. The molecule has 0 saturated carbocycles. The molecule has 2 rings (SSSR count). The maximum atomic E-state index is 11.9. The molecule has 0 aromatic rings. The van der Waals surface area contributed by atoms with Gasteiger partial charge in [-0.3, -0.25) is 9.59 Å². The van der Waals surface area contributed by atoms with Crippen LogP contribution in [0.2, 0.25) is 0 Å². The monoisotopic (exact) mass is 213 g/mol. The zero-order chi connectivity index (χ0) is 10.7. The molecule has 0 spiro atoms. The second-order valence-electron chi connectivity index (χ2n) is 3.80. The Morgan fingerprint density at radius 1 is 1.27 bits per heavy atom. The number of carbonyl (C=O) groups is 2. The first kappa shape index (κ1) is 10.6. The average molecular weight is 213 g/mol. The largest absolute Gasteiger partial charge is 0.376 e. The van der Waals surface area contributed by atoms with Crippen LogP contribution in [-0.2, 0) is 19.1 Å². The van der Waals surface area contributed by atoms with Crippen LogP contribution in [0.5, 0.6) is 0 Å². The van der Waals surface area contributed by atoms with Crippen molar-refractivity contribution in [1.29, 1.82) is 0 Å². The second-order valence-corrected chi connectivity index (χ2v) is 3.80. The van der Waals surface area contributed by atoms with Crippen LogP contribution in [0.25, 0.3) is 0 Å². The topological polar surface area (TPSA) is 55.8 Å². The number of nitrogens with zero attached hydrogens (tertiary/aromatic N) is 1. The molecule has 0 N–H and O–H groups in total. The SMILES string of the molecule is O=C1CCN(C(=O)C2COCCO2)CC1. The summed E-state index contributed by atoms with van der Waals surface area (Å²) in [7, 11) is 0. The van der Waals surface area contributed by atoms with Crippen molar-refractivity contribution in [1.82, 2.24) is 4.90 Å². The van der Waals surface area contributed by atoms with Crippen LogP contribution in [0.3, 0.4) is 0 Å². The smallest absolute Gasteiger partial charge is 0.254 e. The molecule has 0 bridgehead atoms. The van der Waals surface area contributed by atoms with Crippen LogP contribution in [0.15, 0.2) is 0 Å². The fourth-order valence-corrected chi connectivity index (χ4v) is 1.81. The number of carbonyl (C=O) groups excluding carboxylic acids is 2. The minimum absolute atomic E-state index is 0.0396. The van der Waals surface area contributed by atoms with E-state index in [4.69, 9.17) is 9.47 Å². The number of ether oxygens (including phenoxy) is 2. The molecule has 0 aliphatic carbocycles. The molecular weight excluding hydrogens is 198 g/mol. The minimum atomic E-state index is -0.466. The molecule has 2 fully saturated rings. The predicted octanol–water partition coefficient (Wildman–Crippen LogP) is -0.407. The Morgan fingerprint density at radius 2 is 2.00 bits per heavy atom. The van der Waals surface area contributed by atoms with Gasteiger partial charge < -0.3 is 14.4 Å². The summed E-state index contributed by atoms with van der Waals surface area (Å²) in [5.74, 6) is 0.196. The molecular formula is C10H15NO4. The molecule has 1 unspecified atom stereocenters. The molecule has 0 radical (unpaired) electrons. The van der Waals surface area contributed by atoms with Crippen molar-refractivity contribution in [3.63, 3.8) is 0 Å². The first-order valence-electron chi connectivity index (χ1n) is 5.27. The number of piperidine rings is 1. The van der Waals surface area contributed by atoms with Gasteiger partial charge in [0.05, 0.1) is 19.8 Å². The van der Waals surface area contributed by atoms with Gasteiger partial charge in [-0.15, -0.1) is 0 Å². The van der Waals surface area contributed by atoms with Crippen molar-refractivity contribution in [2.75, 3.05) is 32.9 Å². The van der Waals surface area contributed by atoms with Crippen LogP contribution in [0.1, 0.15) is 12.8 Å². The van der Waals surface area contributed by atoms with E-state index in [0.717, 1.165) is 0 Å². The highest BCUT2D eigenvalue weighted by atomic mass is 16.6. The van der Waals surface area contributed by atoms with E-state index in [1.54, 1.807) is 4.90 Å². The van der Waals surface area contributed by atoms with Gasteiger partial charge in [-0.2, -0.15) is 0 Å². The van der Waals surface area contributed by atoms with Gasteiger partial charge in [0, 0.05) is 25.9 Å². The van der Waals surface area contributed by atoms with E-state index in [2.05, 4.69) is 0 Å². The fraction of sp³-hybridized carbons (Fsp3) is 0.800. The van der Waals surface area contributed by atoms with Gasteiger partial charge in [-0.05, 0) is 0 Å². The van der Waals surface area contributed by atoms with Crippen LogP contribution in [-0.4, -0.2) is 55.6 Å². The summed E-state index contributed by atoms with van der Waals surface area (Å²) in [5.41, 5.74) is 0. The Balaban J connectivity index is 1.86. The lowest BCUT2D eigenvalue weighted by molar-refractivity contribution is -0.159. The summed E-state index contributed by atoms with van der Waals surface area (Å²) in [6.07, 6.45) is 0.477. The molecule has 1 amide bonds. The Kier molecular flexibility index (Phi) is 3.33. The number of Topliss-reactive ketones (excluding diaryl/α,β-unsaturated/α-hetero) is 1. The summed E-state index contributed by atoms with van der Waals surface area (Å²) < 4.78 is 10.5. The number of hydrogen-bond donors (Lipinski definition) is 0. The summed E-state index contributed by atoms with van der Waals surface area (Å²) in [5, 5.41) is 0. The lowest BCUT2D eigenvalue weighted by Crippen LogP contribution is -2.48. The zero-order valence-corrected chi connectivity index (χ0v) is 8.61. The number of hydrogen-bond acceptors (Lipinski definition) is 4. The molecule has 15 heavy (non-hydrogen) atoms. The summed E-state index contributed by atoms with van der Waals surface area (Å²) >= 11 is 0. The van der Waals surface area contributed by atoms with Crippen molar-refractivity contribution in [2.24, 2.45) is 0 Å². The number of likely N-dealkylation sites (tertiary alicyclic amines) is 1. The van der Waals surface area contributed by atoms with Crippen molar-refractivity contribution in [3.8, 4) is 0 Å². The van der Waals surface area contributed by atoms with E-state index in [1.807, 2.05) is 0 Å². The predicted molar refractivity (Wildman–Crippen MR) is 51.4 cm³/mol. The van der Waals surface area contributed by atoms with Crippen molar-refractivity contribution in [3.05, 3.63) is 0 Å². The van der Waals surface area contributed by atoms with Crippen LogP contribution in [0, 0.1) is 0 Å². The van der Waals surface area contributed by atoms with Gasteiger partial charge in [0.2, 0.25) is 0 Å². The summed E-state index contributed by atoms with van der Waals surface area (Å²) in [6.45, 7) is 2.42. The van der Waals surface area contributed by atoms with Gasteiger partial charge in [-0.25, -0.2) is 0 Å². The number of amides is 1. The Labute approximate surface area is 88.3 Å². The van der Waals surface area contributed by atoms with E-state index in [1.165, 1.54) is 0 Å². The number of ketones is 1. The van der Waals surface area contributed by atoms with Crippen molar-refractivity contribution < 1.29 is 19.1 Å². The molecule has 2 aliphatic rings. The zero-order valence-electron chi connectivity index (χ0n) is 8.61. The molecule has 1 atom stereocenters. The molecule has 2 saturated heterocycles.